The Hall–Kier alpha value is -4.68. The average Bonchev–Trinajstić information content (AvgIpc) is 3.13. The van der Waals surface area contributed by atoms with Crippen molar-refractivity contribution < 1.29 is 38.8 Å². The molecule has 0 aliphatic carbocycles. The van der Waals surface area contributed by atoms with E-state index in [4.69, 9.17) is 14.2 Å². The molecule has 0 bridgehead atoms. The van der Waals surface area contributed by atoms with Gasteiger partial charge in [-0.05, 0) is 52.9 Å². The van der Waals surface area contributed by atoms with E-state index in [1.54, 1.807) is 19.1 Å². The van der Waals surface area contributed by atoms with Gasteiger partial charge in [0, 0.05) is 28.7 Å². The zero-order valence-electron chi connectivity index (χ0n) is 27.3. The Kier molecular flexibility index (Phi) is 12.4. The van der Waals surface area contributed by atoms with Crippen molar-refractivity contribution in [3.8, 4) is 11.1 Å². The Labute approximate surface area is 289 Å². The van der Waals surface area contributed by atoms with Crippen LogP contribution in [0, 0.1) is 5.92 Å². The van der Waals surface area contributed by atoms with Crippen molar-refractivity contribution in [2.45, 2.75) is 50.4 Å². The smallest absolute Gasteiger partial charge is 0.336 e. The number of esters is 1. The monoisotopic (exact) mass is 684 g/mol. The number of hydrogen-bond donors (Lipinski definition) is 4. The fourth-order valence-electron chi connectivity index (χ4n) is 5.55. The lowest BCUT2D eigenvalue weighted by atomic mass is 9.91. The maximum absolute atomic E-state index is 12.1. The van der Waals surface area contributed by atoms with Crippen LogP contribution in [0.5, 0.6) is 0 Å². The topological polar surface area (TPSA) is 143 Å². The first-order chi connectivity index (χ1) is 23.7. The molecule has 1 aliphatic rings. The van der Waals surface area contributed by atoms with Gasteiger partial charge in [-0.2, -0.15) is 0 Å². The summed E-state index contributed by atoms with van der Waals surface area (Å²) in [6.07, 6.45) is -1.23. The van der Waals surface area contributed by atoms with Gasteiger partial charge in [-0.3, -0.25) is 4.79 Å². The van der Waals surface area contributed by atoms with Crippen molar-refractivity contribution in [1.82, 2.24) is 10.6 Å². The third kappa shape index (κ3) is 9.48. The highest BCUT2D eigenvalue weighted by Crippen LogP contribution is 2.43. The van der Waals surface area contributed by atoms with Gasteiger partial charge in [0.05, 0.1) is 31.0 Å². The molecule has 0 aromatic heterocycles. The zero-order valence-corrected chi connectivity index (χ0v) is 28.2. The first kappa shape index (κ1) is 35.6. The molecule has 0 saturated carbocycles. The number of urea groups is 1. The minimum Gasteiger partial charge on any atom is -0.478 e. The predicted octanol–water partition coefficient (Wildman–Crippen LogP) is 6.49. The lowest BCUT2D eigenvalue weighted by molar-refractivity contribution is -0.268. The Bertz CT molecular complexity index is 1730. The number of ether oxygens (including phenoxy) is 3. The van der Waals surface area contributed by atoms with E-state index < -0.39 is 24.3 Å². The highest BCUT2D eigenvalue weighted by Gasteiger charge is 2.38. The van der Waals surface area contributed by atoms with Crippen molar-refractivity contribution in [3.05, 3.63) is 125 Å². The molecule has 1 fully saturated rings. The van der Waals surface area contributed by atoms with Gasteiger partial charge in [-0.25, -0.2) is 9.59 Å². The van der Waals surface area contributed by atoms with E-state index in [9.17, 15) is 24.6 Å². The molecule has 256 valence electrons. The number of rotatable bonds is 13. The lowest BCUT2D eigenvalue weighted by Crippen LogP contribution is -2.38. The summed E-state index contributed by atoms with van der Waals surface area (Å²) in [5.74, 6) is -0.994. The fraction of sp³-hybridized carbons (Fsp3) is 0.289. The number of nitrogens with one attached hydrogen (secondary N) is 2. The SMILES string of the molecule is CCOC(=O)CNC(=O)NCc1cccc(-c2ccc([C@@H]3O[C@H](CSc4ccccc4C(=O)O)[C@H](C)[C@H](c4ccc(CO)cc4)O3)cc2)c1. The first-order valence-electron chi connectivity index (χ1n) is 16.1. The summed E-state index contributed by atoms with van der Waals surface area (Å²) in [5.41, 5.74) is 5.69. The summed E-state index contributed by atoms with van der Waals surface area (Å²) in [6.45, 7) is 4.06. The van der Waals surface area contributed by atoms with Crippen LogP contribution in [0.15, 0.2) is 102 Å². The molecule has 1 saturated heterocycles. The van der Waals surface area contributed by atoms with E-state index in [0.717, 1.165) is 33.4 Å². The Balaban J connectivity index is 1.30. The Morgan fingerprint density at radius 2 is 1.57 bits per heavy atom. The van der Waals surface area contributed by atoms with Crippen LogP contribution in [0.2, 0.25) is 0 Å². The van der Waals surface area contributed by atoms with E-state index >= 15 is 0 Å². The maximum Gasteiger partial charge on any atom is 0.336 e. The van der Waals surface area contributed by atoms with Crippen LogP contribution < -0.4 is 10.6 Å². The summed E-state index contributed by atoms with van der Waals surface area (Å²) >= 11 is 1.45. The van der Waals surface area contributed by atoms with E-state index in [1.807, 2.05) is 84.9 Å². The van der Waals surface area contributed by atoms with E-state index in [2.05, 4.69) is 17.6 Å². The number of carbonyl (C=O) groups excluding carboxylic acids is 2. The van der Waals surface area contributed by atoms with E-state index in [1.165, 1.54) is 11.8 Å². The number of hydrogen-bond acceptors (Lipinski definition) is 8. The maximum atomic E-state index is 12.1. The molecule has 1 heterocycles. The van der Waals surface area contributed by atoms with Crippen LogP contribution in [0.25, 0.3) is 11.1 Å². The number of carboxylic acid groups (broad SMARTS) is 1. The molecule has 4 atom stereocenters. The van der Waals surface area contributed by atoms with Crippen molar-refractivity contribution >= 4 is 29.7 Å². The van der Waals surface area contributed by atoms with Crippen molar-refractivity contribution in [2.24, 2.45) is 5.92 Å². The van der Waals surface area contributed by atoms with E-state index in [0.29, 0.717) is 10.6 Å². The highest BCUT2D eigenvalue weighted by molar-refractivity contribution is 7.99. The van der Waals surface area contributed by atoms with Crippen LogP contribution in [-0.2, 0) is 32.2 Å². The number of benzene rings is 4. The molecule has 11 heteroatoms. The molecule has 0 radical (unpaired) electrons. The minimum absolute atomic E-state index is 0.0480. The summed E-state index contributed by atoms with van der Waals surface area (Å²) in [4.78, 5) is 36.1. The average molecular weight is 685 g/mol. The minimum atomic E-state index is -0.970. The van der Waals surface area contributed by atoms with Gasteiger partial charge in [0.15, 0.2) is 6.29 Å². The molecular formula is C38H40N2O8S. The molecule has 1 aliphatic heterocycles. The largest absolute Gasteiger partial charge is 0.478 e. The van der Waals surface area contributed by atoms with Gasteiger partial charge < -0.3 is 35.1 Å². The predicted molar refractivity (Wildman–Crippen MR) is 186 cm³/mol. The Morgan fingerprint density at radius 3 is 2.29 bits per heavy atom. The molecule has 4 aromatic carbocycles. The zero-order chi connectivity index (χ0) is 34.8. The molecule has 5 rings (SSSR count). The third-order valence-electron chi connectivity index (χ3n) is 8.24. The number of carbonyl (C=O) groups is 3. The summed E-state index contributed by atoms with van der Waals surface area (Å²) < 4.78 is 18.0. The molecule has 4 N–H and O–H groups in total. The van der Waals surface area contributed by atoms with Gasteiger partial charge in [0.25, 0.3) is 0 Å². The second-order valence-corrected chi connectivity index (χ2v) is 12.7. The van der Waals surface area contributed by atoms with Crippen LogP contribution in [-0.4, -0.2) is 53.2 Å². The lowest BCUT2D eigenvalue weighted by Gasteiger charge is -2.41. The molecule has 2 amide bonds. The summed E-state index contributed by atoms with van der Waals surface area (Å²) in [7, 11) is 0. The van der Waals surface area contributed by atoms with Crippen molar-refractivity contribution in [2.75, 3.05) is 18.9 Å². The first-order valence-corrected chi connectivity index (χ1v) is 17.1. The van der Waals surface area contributed by atoms with Gasteiger partial charge in [-0.1, -0.05) is 85.8 Å². The number of amides is 2. The van der Waals surface area contributed by atoms with Crippen molar-refractivity contribution in [3.63, 3.8) is 0 Å². The normalized spacial score (nSPS) is 18.8. The van der Waals surface area contributed by atoms with Crippen LogP contribution in [0.1, 0.15) is 58.9 Å². The quantitative estimate of drug-likeness (QED) is 0.0918. The number of aromatic carboxylic acids is 1. The van der Waals surface area contributed by atoms with Gasteiger partial charge in [-0.15, -0.1) is 11.8 Å². The molecule has 10 nitrogen and oxygen atoms in total. The van der Waals surface area contributed by atoms with Crippen LogP contribution >= 0.6 is 11.8 Å². The third-order valence-corrected chi connectivity index (χ3v) is 9.40. The van der Waals surface area contributed by atoms with Gasteiger partial charge >= 0.3 is 18.0 Å². The molecule has 0 unspecified atom stereocenters. The number of carboxylic acids is 1. The second kappa shape index (κ2) is 17.1. The summed E-state index contributed by atoms with van der Waals surface area (Å²) in [6, 6.07) is 30.0. The molecular weight excluding hydrogens is 644 g/mol. The number of thioether (sulfide) groups is 1. The number of aliphatic hydroxyl groups is 1. The highest BCUT2D eigenvalue weighted by atomic mass is 32.2. The van der Waals surface area contributed by atoms with E-state index in [-0.39, 0.29) is 50.0 Å². The summed E-state index contributed by atoms with van der Waals surface area (Å²) in [5, 5.41) is 24.5. The second-order valence-electron chi connectivity index (χ2n) is 11.6. The molecule has 49 heavy (non-hydrogen) atoms. The standard InChI is InChI=1S/C38H40N2O8S/c1-3-46-34(42)21-40-38(45)39-20-26-7-6-8-30(19-26)27-15-17-29(18-16-27)37-47-32(23-49-33-10-5-4-9-31(33)36(43)44)24(2)35(48-37)28-13-11-25(22-41)12-14-28/h4-19,24,32,35,37,41H,3,20-23H2,1-2H3,(H,43,44)(H2,39,40,45)/t24-,32+,35+,37+/m0/s1. The van der Waals surface area contributed by atoms with Crippen LogP contribution in [0.3, 0.4) is 0 Å². The van der Waals surface area contributed by atoms with Crippen molar-refractivity contribution in [1.29, 1.82) is 0 Å². The number of aliphatic hydroxyl groups excluding tert-OH is 1. The Morgan fingerprint density at radius 1 is 0.837 bits per heavy atom. The van der Waals surface area contributed by atoms with Gasteiger partial charge in [0.1, 0.15) is 6.54 Å². The van der Waals surface area contributed by atoms with Crippen LogP contribution in [0.4, 0.5) is 4.79 Å². The molecule has 0 spiro atoms. The fourth-order valence-corrected chi connectivity index (χ4v) is 6.77. The molecule has 4 aromatic rings. The van der Waals surface area contributed by atoms with Gasteiger partial charge in [0.2, 0.25) is 0 Å².